The van der Waals surface area contributed by atoms with Gasteiger partial charge in [0, 0.05) is 13.1 Å². The molecule has 1 aromatic rings. The third-order valence-electron chi connectivity index (χ3n) is 5.09. The van der Waals surface area contributed by atoms with Crippen LogP contribution in [0.2, 0.25) is 0 Å². The molecule has 2 N–H and O–H groups in total. The summed E-state index contributed by atoms with van der Waals surface area (Å²) in [5, 5.41) is 0. The number of carbonyl (C=O) groups excluding carboxylic acids is 1. The Kier molecular flexibility index (Phi) is 3.79. The number of hydrogen-bond donors (Lipinski definition) is 1. The zero-order valence-electron chi connectivity index (χ0n) is 12.1. The molecule has 1 aliphatic heterocycles. The summed E-state index contributed by atoms with van der Waals surface area (Å²) >= 11 is 0. The Morgan fingerprint density at radius 3 is 2.50 bits per heavy atom. The van der Waals surface area contributed by atoms with Crippen LogP contribution in [0.25, 0.3) is 0 Å². The zero-order chi connectivity index (χ0) is 14.0. The molecule has 1 saturated heterocycles. The lowest BCUT2D eigenvalue weighted by Crippen LogP contribution is -2.39. The van der Waals surface area contributed by atoms with Crippen molar-refractivity contribution in [3.63, 3.8) is 0 Å². The smallest absolute Gasteiger partial charge is 0.244 e. The lowest BCUT2D eigenvalue weighted by atomic mass is 9.73. The Hall–Kier alpha value is -1.35. The molecule has 1 amide bonds. The van der Waals surface area contributed by atoms with Gasteiger partial charge in [-0.05, 0) is 30.2 Å². The fourth-order valence-corrected chi connectivity index (χ4v) is 3.83. The molecular weight excluding hydrogens is 248 g/mol. The standard InChI is InChI=1S/C17H24N2O/c18-15(14-7-3-1-4-8-14)16(20)19-12-11-17(13-19)9-5-2-6-10-17/h1,3-4,7-8,15H,2,5-6,9-13,18H2. The molecule has 1 heterocycles. The average molecular weight is 272 g/mol. The lowest BCUT2D eigenvalue weighted by molar-refractivity contribution is -0.132. The molecule has 2 fully saturated rings. The van der Waals surface area contributed by atoms with Crippen molar-refractivity contribution in [2.75, 3.05) is 13.1 Å². The third-order valence-corrected chi connectivity index (χ3v) is 5.09. The Bertz CT molecular complexity index is 465. The fourth-order valence-electron chi connectivity index (χ4n) is 3.83. The number of nitrogens with zero attached hydrogens (tertiary/aromatic N) is 1. The molecule has 3 nitrogen and oxygen atoms in total. The van der Waals surface area contributed by atoms with Crippen molar-refractivity contribution in [2.24, 2.45) is 11.1 Å². The van der Waals surface area contributed by atoms with Gasteiger partial charge in [0.15, 0.2) is 0 Å². The molecule has 1 atom stereocenters. The maximum Gasteiger partial charge on any atom is 0.244 e. The number of carbonyl (C=O) groups is 1. The van der Waals surface area contributed by atoms with Gasteiger partial charge in [-0.15, -0.1) is 0 Å². The minimum absolute atomic E-state index is 0.0960. The summed E-state index contributed by atoms with van der Waals surface area (Å²) in [4.78, 5) is 14.6. The van der Waals surface area contributed by atoms with E-state index < -0.39 is 6.04 Å². The van der Waals surface area contributed by atoms with Crippen molar-refractivity contribution in [2.45, 2.75) is 44.6 Å². The summed E-state index contributed by atoms with van der Waals surface area (Å²) in [6.45, 7) is 1.81. The Labute approximate surface area is 121 Å². The van der Waals surface area contributed by atoms with E-state index in [1.54, 1.807) is 0 Å². The summed E-state index contributed by atoms with van der Waals surface area (Å²) in [6.07, 6.45) is 7.76. The van der Waals surface area contributed by atoms with E-state index in [9.17, 15) is 4.79 Å². The van der Waals surface area contributed by atoms with Crippen LogP contribution in [0.5, 0.6) is 0 Å². The normalized spacial score (nSPS) is 22.9. The number of hydrogen-bond acceptors (Lipinski definition) is 2. The highest BCUT2D eigenvalue weighted by atomic mass is 16.2. The van der Waals surface area contributed by atoms with Crippen LogP contribution in [-0.2, 0) is 4.79 Å². The predicted molar refractivity (Wildman–Crippen MR) is 80.1 cm³/mol. The number of amides is 1. The second kappa shape index (κ2) is 5.57. The molecule has 0 radical (unpaired) electrons. The molecule has 1 aromatic carbocycles. The SMILES string of the molecule is NC(C(=O)N1CCC2(CCCCC2)C1)c1ccccc1. The molecule has 20 heavy (non-hydrogen) atoms. The van der Waals surface area contributed by atoms with Crippen molar-refractivity contribution in [3.8, 4) is 0 Å². The number of rotatable bonds is 2. The summed E-state index contributed by atoms with van der Waals surface area (Å²) in [5.74, 6) is 0.0960. The molecule has 1 aliphatic carbocycles. The van der Waals surface area contributed by atoms with Crippen LogP contribution in [-0.4, -0.2) is 23.9 Å². The summed E-state index contributed by atoms with van der Waals surface area (Å²) < 4.78 is 0. The highest BCUT2D eigenvalue weighted by molar-refractivity contribution is 5.83. The van der Waals surface area contributed by atoms with Crippen molar-refractivity contribution >= 4 is 5.91 Å². The molecule has 1 unspecified atom stereocenters. The maximum atomic E-state index is 12.6. The number of nitrogens with two attached hydrogens (primary N) is 1. The van der Waals surface area contributed by atoms with Gasteiger partial charge in [-0.3, -0.25) is 4.79 Å². The van der Waals surface area contributed by atoms with Crippen LogP contribution in [0.15, 0.2) is 30.3 Å². The molecule has 108 valence electrons. The van der Waals surface area contributed by atoms with Gasteiger partial charge in [-0.1, -0.05) is 49.6 Å². The average Bonchev–Trinajstić information content (AvgIpc) is 2.91. The molecule has 3 rings (SSSR count). The van der Waals surface area contributed by atoms with Crippen LogP contribution < -0.4 is 5.73 Å². The predicted octanol–water partition coefficient (Wildman–Crippen LogP) is 2.87. The van der Waals surface area contributed by atoms with E-state index in [1.807, 2.05) is 35.2 Å². The van der Waals surface area contributed by atoms with Crippen LogP contribution >= 0.6 is 0 Å². The number of likely N-dealkylation sites (tertiary alicyclic amines) is 1. The highest BCUT2D eigenvalue weighted by Gasteiger charge is 2.41. The van der Waals surface area contributed by atoms with Crippen molar-refractivity contribution in [1.29, 1.82) is 0 Å². The molecule has 0 aromatic heterocycles. The van der Waals surface area contributed by atoms with Crippen LogP contribution in [0.4, 0.5) is 0 Å². The lowest BCUT2D eigenvalue weighted by Gasteiger charge is -2.33. The van der Waals surface area contributed by atoms with Crippen LogP contribution in [0, 0.1) is 5.41 Å². The first-order valence-corrected chi connectivity index (χ1v) is 7.80. The molecule has 3 heteroatoms. The zero-order valence-corrected chi connectivity index (χ0v) is 12.1. The number of benzene rings is 1. The van der Waals surface area contributed by atoms with Gasteiger partial charge in [-0.2, -0.15) is 0 Å². The first-order valence-electron chi connectivity index (χ1n) is 7.80. The van der Waals surface area contributed by atoms with Gasteiger partial charge in [0.25, 0.3) is 0 Å². The summed E-state index contributed by atoms with van der Waals surface area (Å²) in [5.41, 5.74) is 7.47. The van der Waals surface area contributed by atoms with Crippen LogP contribution in [0.1, 0.15) is 50.1 Å². The van der Waals surface area contributed by atoms with E-state index >= 15 is 0 Å². The van der Waals surface area contributed by atoms with E-state index in [1.165, 1.54) is 38.5 Å². The van der Waals surface area contributed by atoms with Crippen LogP contribution in [0.3, 0.4) is 0 Å². The molecule has 1 saturated carbocycles. The van der Waals surface area contributed by atoms with Crippen molar-refractivity contribution < 1.29 is 4.79 Å². The second-order valence-corrected chi connectivity index (χ2v) is 6.46. The largest absolute Gasteiger partial charge is 0.340 e. The Balaban J connectivity index is 1.66. The van der Waals surface area contributed by atoms with Crippen molar-refractivity contribution in [1.82, 2.24) is 4.90 Å². The fraction of sp³-hybridized carbons (Fsp3) is 0.588. The highest BCUT2D eigenvalue weighted by Crippen LogP contribution is 2.44. The maximum absolute atomic E-state index is 12.6. The Morgan fingerprint density at radius 2 is 1.80 bits per heavy atom. The summed E-state index contributed by atoms with van der Waals surface area (Å²) in [7, 11) is 0. The van der Waals surface area contributed by atoms with E-state index in [0.717, 1.165) is 18.7 Å². The topological polar surface area (TPSA) is 46.3 Å². The summed E-state index contributed by atoms with van der Waals surface area (Å²) in [6, 6.07) is 9.21. The minimum Gasteiger partial charge on any atom is -0.340 e. The van der Waals surface area contributed by atoms with E-state index in [2.05, 4.69) is 0 Å². The molecular formula is C17H24N2O. The van der Waals surface area contributed by atoms with Gasteiger partial charge >= 0.3 is 0 Å². The Morgan fingerprint density at radius 1 is 1.10 bits per heavy atom. The van der Waals surface area contributed by atoms with E-state index in [4.69, 9.17) is 5.73 Å². The van der Waals surface area contributed by atoms with Gasteiger partial charge in [0.1, 0.15) is 6.04 Å². The second-order valence-electron chi connectivity index (χ2n) is 6.46. The van der Waals surface area contributed by atoms with Gasteiger partial charge < -0.3 is 10.6 Å². The van der Waals surface area contributed by atoms with Gasteiger partial charge in [-0.25, -0.2) is 0 Å². The monoisotopic (exact) mass is 272 g/mol. The third kappa shape index (κ3) is 2.59. The first kappa shape index (κ1) is 13.6. The molecule has 1 spiro atoms. The molecule has 2 aliphatic rings. The van der Waals surface area contributed by atoms with E-state index in [0.29, 0.717) is 5.41 Å². The minimum atomic E-state index is -0.505. The molecule has 0 bridgehead atoms. The van der Waals surface area contributed by atoms with Crippen molar-refractivity contribution in [3.05, 3.63) is 35.9 Å². The van der Waals surface area contributed by atoms with Gasteiger partial charge in [0.2, 0.25) is 5.91 Å². The first-order chi connectivity index (χ1) is 9.70. The van der Waals surface area contributed by atoms with E-state index in [-0.39, 0.29) is 5.91 Å². The van der Waals surface area contributed by atoms with Gasteiger partial charge in [0.05, 0.1) is 0 Å². The quantitative estimate of drug-likeness (QED) is 0.900.